The monoisotopic (exact) mass is 452 g/mol. The second-order valence-corrected chi connectivity index (χ2v) is 15.5. The summed E-state index contributed by atoms with van der Waals surface area (Å²) >= 11 is 0. The summed E-state index contributed by atoms with van der Waals surface area (Å²) in [6.07, 6.45) is 1.27. The van der Waals surface area contributed by atoms with E-state index in [4.69, 9.17) is 14.5 Å². The Morgan fingerprint density at radius 2 is 2.03 bits per heavy atom. The molecule has 7 heteroatoms. The minimum Gasteiger partial charge on any atom is -0.483 e. The van der Waals surface area contributed by atoms with Gasteiger partial charge in [0.15, 0.2) is 5.75 Å². The van der Waals surface area contributed by atoms with Gasteiger partial charge in [0.2, 0.25) is 0 Å². The molecule has 170 valence electrons. The first kappa shape index (κ1) is 22.5. The number of hydrogen-bond acceptors (Lipinski definition) is 4. The van der Waals surface area contributed by atoms with Crippen LogP contribution in [0.4, 0.5) is 0 Å². The molecule has 2 heterocycles. The van der Waals surface area contributed by atoms with Crippen molar-refractivity contribution < 1.29 is 19.4 Å². The number of nitrogens with zero attached hydrogens (tertiary/aromatic N) is 2. The van der Waals surface area contributed by atoms with Gasteiger partial charge >= 0.3 is 5.97 Å². The van der Waals surface area contributed by atoms with Crippen LogP contribution in [0.5, 0.6) is 5.75 Å². The Hall–Kier alpha value is -2.64. The number of carbonyl (C=O) groups is 1. The van der Waals surface area contributed by atoms with E-state index in [1.165, 1.54) is 5.56 Å². The van der Waals surface area contributed by atoms with Crippen molar-refractivity contribution in [2.24, 2.45) is 0 Å². The topological polar surface area (TPSA) is 73.6 Å². The van der Waals surface area contributed by atoms with Gasteiger partial charge in [-0.1, -0.05) is 43.9 Å². The molecule has 1 atom stereocenters. The lowest BCUT2D eigenvalue weighted by Gasteiger charge is -2.28. The summed E-state index contributed by atoms with van der Waals surface area (Å²) in [6, 6.07) is 11.0. The number of rotatable bonds is 7. The maximum absolute atomic E-state index is 12.1. The number of hydrogen-bond donors (Lipinski definition) is 1. The first-order chi connectivity index (χ1) is 15.2. The van der Waals surface area contributed by atoms with Crippen LogP contribution < -0.4 is 4.74 Å². The molecule has 3 aromatic rings. The molecule has 0 spiro atoms. The highest BCUT2D eigenvalue weighted by atomic mass is 28.3. The van der Waals surface area contributed by atoms with Gasteiger partial charge in [-0.15, -0.1) is 0 Å². The van der Waals surface area contributed by atoms with Crippen molar-refractivity contribution in [3.05, 3.63) is 58.4 Å². The third-order valence-corrected chi connectivity index (χ3v) is 7.90. The first-order valence-electron chi connectivity index (χ1n) is 11.2. The smallest absolute Gasteiger partial charge is 0.336 e. The van der Waals surface area contributed by atoms with Gasteiger partial charge < -0.3 is 19.1 Å². The van der Waals surface area contributed by atoms with Crippen LogP contribution in [0.1, 0.15) is 45.4 Å². The van der Waals surface area contributed by atoms with Crippen molar-refractivity contribution in [2.45, 2.75) is 65.2 Å². The van der Waals surface area contributed by atoms with E-state index in [1.54, 1.807) is 6.07 Å². The van der Waals surface area contributed by atoms with Gasteiger partial charge in [-0.3, -0.25) is 0 Å². The molecule has 0 radical (unpaired) electrons. The summed E-state index contributed by atoms with van der Waals surface area (Å²) in [5, 5.41) is 9.92. The molecular formula is C25H32N2O4Si. The fraction of sp³-hybridized carbons (Fsp3) is 0.440. The lowest BCUT2D eigenvalue weighted by Crippen LogP contribution is -2.22. The van der Waals surface area contributed by atoms with Crippen molar-refractivity contribution in [1.29, 1.82) is 0 Å². The van der Waals surface area contributed by atoms with Gasteiger partial charge in [-0.25, -0.2) is 9.78 Å². The summed E-state index contributed by atoms with van der Waals surface area (Å²) in [7, 11) is -1.18. The molecule has 2 aromatic carbocycles. The van der Waals surface area contributed by atoms with Gasteiger partial charge in [0.1, 0.15) is 24.2 Å². The highest BCUT2D eigenvalue weighted by molar-refractivity contribution is 6.76. The number of carboxylic acids is 1. The van der Waals surface area contributed by atoms with E-state index in [0.29, 0.717) is 31.1 Å². The molecule has 0 saturated carbocycles. The number of benzene rings is 2. The van der Waals surface area contributed by atoms with Crippen LogP contribution in [0.3, 0.4) is 0 Å². The van der Waals surface area contributed by atoms with Crippen molar-refractivity contribution in [1.82, 2.24) is 9.55 Å². The molecule has 0 unspecified atom stereocenters. The summed E-state index contributed by atoms with van der Waals surface area (Å²) < 4.78 is 14.4. The normalized spacial score (nSPS) is 16.1. The molecule has 0 amide bonds. The van der Waals surface area contributed by atoms with Crippen molar-refractivity contribution in [3.8, 4) is 5.75 Å². The molecule has 0 bridgehead atoms. The average Bonchev–Trinajstić information content (AvgIpc) is 3.05. The standard InChI is InChI=1S/C25H32N2O4Si/c1-16-8-6-7-9-18(16)22-11-10-19-20(25(28)29)14-21-23(24(19)31-22)26-17(2)27(21)15-30-12-13-32(3,4)5/h6-9,14,22H,10-13,15H2,1-5H3,(H,28,29)/t22-/m0/s1. The van der Waals surface area contributed by atoms with Crippen LogP contribution in [0.25, 0.3) is 11.0 Å². The fourth-order valence-electron chi connectivity index (χ4n) is 4.29. The number of aromatic nitrogens is 2. The zero-order valence-corrected chi connectivity index (χ0v) is 20.6. The summed E-state index contributed by atoms with van der Waals surface area (Å²) in [6.45, 7) is 12.0. The maximum atomic E-state index is 12.1. The van der Waals surface area contributed by atoms with Gasteiger partial charge in [0.25, 0.3) is 0 Å². The minimum absolute atomic E-state index is 0.116. The Bertz CT molecular complexity index is 1160. The van der Waals surface area contributed by atoms with Crippen molar-refractivity contribution in [3.63, 3.8) is 0 Å². The third-order valence-electron chi connectivity index (χ3n) is 6.19. The van der Waals surface area contributed by atoms with E-state index < -0.39 is 14.0 Å². The van der Waals surface area contributed by atoms with Crippen molar-refractivity contribution >= 4 is 25.1 Å². The second-order valence-electron chi connectivity index (χ2n) is 9.84. The predicted molar refractivity (Wildman–Crippen MR) is 128 cm³/mol. The van der Waals surface area contributed by atoms with Gasteiger partial charge in [0, 0.05) is 20.2 Å². The predicted octanol–water partition coefficient (Wildman–Crippen LogP) is 5.73. The van der Waals surface area contributed by atoms with Crippen LogP contribution in [-0.4, -0.2) is 35.3 Å². The number of carboxylic acid groups (broad SMARTS) is 1. The SMILES string of the molecule is Cc1ccccc1[C@@H]1CCc2c(C(=O)O)cc3c(nc(C)n3COCC[Si](C)(C)C)c2O1. The molecule has 1 N–H and O–H groups in total. The van der Waals surface area contributed by atoms with E-state index in [2.05, 4.69) is 38.7 Å². The quantitative estimate of drug-likeness (QED) is 0.366. The largest absolute Gasteiger partial charge is 0.483 e. The highest BCUT2D eigenvalue weighted by Gasteiger charge is 2.30. The van der Waals surface area contributed by atoms with Crippen LogP contribution in [0.2, 0.25) is 25.7 Å². The molecule has 6 nitrogen and oxygen atoms in total. The lowest BCUT2D eigenvalue weighted by molar-refractivity contribution is 0.0692. The average molecular weight is 453 g/mol. The molecular weight excluding hydrogens is 420 g/mol. The summed E-state index contributed by atoms with van der Waals surface area (Å²) in [5.74, 6) is 0.453. The van der Waals surface area contributed by atoms with Crippen LogP contribution in [-0.2, 0) is 17.9 Å². The van der Waals surface area contributed by atoms with E-state index in [0.717, 1.165) is 40.4 Å². The highest BCUT2D eigenvalue weighted by Crippen LogP contribution is 2.42. The fourth-order valence-corrected chi connectivity index (χ4v) is 5.05. The Kier molecular flexibility index (Phi) is 6.14. The van der Waals surface area contributed by atoms with E-state index in [-0.39, 0.29) is 6.10 Å². The molecule has 32 heavy (non-hydrogen) atoms. The van der Waals surface area contributed by atoms with Crippen LogP contribution in [0.15, 0.2) is 30.3 Å². The molecule has 4 rings (SSSR count). The Morgan fingerprint density at radius 3 is 2.72 bits per heavy atom. The lowest BCUT2D eigenvalue weighted by atomic mass is 9.92. The van der Waals surface area contributed by atoms with E-state index in [9.17, 15) is 9.90 Å². The molecule has 0 aliphatic carbocycles. The Morgan fingerprint density at radius 1 is 1.28 bits per heavy atom. The zero-order valence-electron chi connectivity index (χ0n) is 19.6. The molecule has 0 saturated heterocycles. The molecule has 1 aliphatic rings. The van der Waals surface area contributed by atoms with Gasteiger partial charge in [-0.2, -0.15) is 0 Å². The van der Waals surface area contributed by atoms with E-state index >= 15 is 0 Å². The Balaban J connectivity index is 1.72. The zero-order chi connectivity index (χ0) is 23.0. The molecule has 1 aliphatic heterocycles. The van der Waals surface area contributed by atoms with Gasteiger partial charge in [0.05, 0.1) is 11.1 Å². The Labute approximate surface area is 190 Å². The minimum atomic E-state index is -1.18. The van der Waals surface area contributed by atoms with E-state index in [1.807, 2.05) is 23.6 Å². The first-order valence-corrected chi connectivity index (χ1v) is 14.9. The number of imidazole rings is 1. The number of fused-ring (bicyclic) bond motifs is 3. The van der Waals surface area contributed by atoms with Crippen molar-refractivity contribution in [2.75, 3.05) is 6.61 Å². The molecule has 1 aromatic heterocycles. The van der Waals surface area contributed by atoms with Crippen LogP contribution in [0, 0.1) is 13.8 Å². The number of aryl methyl sites for hydroxylation is 2. The van der Waals surface area contributed by atoms with Crippen LogP contribution >= 0.6 is 0 Å². The second kappa shape index (κ2) is 8.71. The third kappa shape index (κ3) is 4.45. The van der Waals surface area contributed by atoms with Gasteiger partial charge in [-0.05, 0) is 49.9 Å². The number of aromatic carboxylic acids is 1. The number of ether oxygens (including phenoxy) is 2. The molecule has 0 fully saturated rings. The summed E-state index contributed by atoms with van der Waals surface area (Å²) in [4.78, 5) is 16.9. The maximum Gasteiger partial charge on any atom is 0.336 e. The summed E-state index contributed by atoms with van der Waals surface area (Å²) in [5.41, 5.74) is 4.80.